The molecular formula is C12H9ClF3NO3. The highest BCUT2D eigenvalue weighted by atomic mass is 35.5. The third-order valence-electron chi connectivity index (χ3n) is 2.29. The van der Waals surface area contributed by atoms with Crippen LogP contribution in [0.4, 0.5) is 13.2 Å². The average molecular weight is 308 g/mol. The monoisotopic (exact) mass is 307 g/mol. The standard InChI is InChI=1S/C12H9ClF3NO3/c13-7-3-1-2-6(4-7)5-8(17)9(11(19)20)10(18)12(14,15)16/h1-4,17-18H,5H2,(H,19,20). The Hall–Kier alpha value is -2.02. The molecule has 0 radical (unpaired) electrons. The maximum atomic E-state index is 12.3. The number of aliphatic carboxylic acids is 1. The first-order chi connectivity index (χ1) is 9.12. The van der Waals surface area contributed by atoms with Crippen LogP contribution in [-0.2, 0) is 11.2 Å². The number of nitrogens with one attached hydrogen (secondary N) is 1. The highest BCUT2D eigenvalue weighted by Gasteiger charge is 2.39. The van der Waals surface area contributed by atoms with Gasteiger partial charge in [-0.15, -0.1) is 0 Å². The Morgan fingerprint density at radius 1 is 1.30 bits per heavy atom. The fraction of sp³-hybridized carbons (Fsp3) is 0.167. The zero-order valence-corrected chi connectivity index (χ0v) is 10.6. The van der Waals surface area contributed by atoms with E-state index in [0.717, 1.165) is 0 Å². The Labute approximate surface area is 116 Å². The molecule has 0 saturated heterocycles. The average Bonchev–Trinajstić information content (AvgIpc) is 2.26. The van der Waals surface area contributed by atoms with Gasteiger partial charge in [-0.05, 0) is 17.7 Å². The molecule has 0 spiro atoms. The fourth-order valence-corrected chi connectivity index (χ4v) is 1.67. The number of carboxylic acids is 1. The second-order valence-electron chi connectivity index (χ2n) is 3.81. The quantitative estimate of drug-likeness (QED) is 0.453. The number of halogens is 4. The normalized spacial score (nSPS) is 12.8. The van der Waals surface area contributed by atoms with Crippen molar-refractivity contribution in [2.45, 2.75) is 12.6 Å². The molecule has 0 atom stereocenters. The maximum absolute atomic E-state index is 12.3. The molecule has 108 valence electrons. The van der Waals surface area contributed by atoms with Gasteiger partial charge in [0.1, 0.15) is 5.57 Å². The van der Waals surface area contributed by atoms with Gasteiger partial charge in [0.15, 0.2) is 0 Å². The molecule has 0 bridgehead atoms. The van der Waals surface area contributed by atoms with Crippen molar-refractivity contribution in [3.05, 3.63) is 46.2 Å². The summed E-state index contributed by atoms with van der Waals surface area (Å²) in [5, 5.41) is 25.4. The first kappa shape index (κ1) is 16.0. The summed E-state index contributed by atoms with van der Waals surface area (Å²) in [7, 11) is 0. The SMILES string of the molecule is N=C(Cc1cccc(Cl)c1)C(C(=O)O)=C(O)C(F)(F)F. The number of aliphatic hydroxyl groups excluding tert-OH is 1. The molecule has 0 saturated carbocycles. The molecule has 0 unspecified atom stereocenters. The molecule has 0 aromatic heterocycles. The molecule has 3 N–H and O–H groups in total. The van der Waals surface area contributed by atoms with E-state index in [-0.39, 0.29) is 0 Å². The Morgan fingerprint density at radius 3 is 2.35 bits per heavy atom. The lowest BCUT2D eigenvalue weighted by atomic mass is 10.0. The Kier molecular flexibility index (Phi) is 4.78. The number of rotatable bonds is 4. The summed E-state index contributed by atoms with van der Waals surface area (Å²) >= 11 is 5.68. The van der Waals surface area contributed by atoms with Crippen molar-refractivity contribution >= 4 is 23.3 Å². The van der Waals surface area contributed by atoms with Crippen molar-refractivity contribution in [3.8, 4) is 0 Å². The van der Waals surface area contributed by atoms with Gasteiger partial charge in [0, 0.05) is 11.4 Å². The summed E-state index contributed by atoms with van der Waals surface area (Å²) in [6, 6.07) is 5.90. The smallest absolute Gasteiger partial charge is 0.449 e. The van der Waals surface area contributed by atoms with Gasteiger partial charge in [-0.3, -0.25) is 0 Å². The van der Waals surface area contributed by atoms with Gasteiger partial charge in [0.25, 0.3) is 0 Å². The Balaban J connectivity index is 3.12. The molecule has 0 amide bonds. The number of carbonyl (C=O) groups is 1. The van der Waals surface area contributed by atoms with Crippen molar-refractivity contribution in [2.75, 3.05) is 0 Å². The zero-order chi connectivity index (χ0) is 15.5. The zero-order valence-electron chi connectivity index (χ0n) is 9.83. The van der Waals surface area contributed by atoms with Crippen LogP contribution in [0.5, 0.6) is 0 Å². The van der Waals surface area contributed by atoms with Gasteiger partial charge in [-0.1, -0.05) is 23.7 Å². The Morgan fingerprint density at radius 2 is 1.90 bits per heavy atom. The molecule has 1 aromatic carbocycles. The van der Waals surface area contributed by atoms with E-state index in [4.69, 9.17) is 27.2 Å². The van der Waals surface area contributed by atoms with E-state index in [9.17, 15) is 18.0 Å². The van der Waals surface area contributed by atoms with E-state index in [1.807, 2.05) is 0 Å². The van der Waals surface area contributed by atoms with Crippen molar-refractivity contribution in [1.82, 2.24) is 0 Å². The van der Waals surface area contributed by atoms with E-state index in [1.54, 1.807) is 0 Å². The lowest BCUT2D eigenvalue weighted by molar-refractivity contribution is -0.137. The predicted octanol–water partition coefficient (Wildman–Crippen LogP) is 3.36. The highest BCUT2D eigenvalue weighted by molar-refractivity contribution is 6.30. The summed E-state index contributed by atoms with van der Waals surface area (Å²) in [4.78, 5) is 10.8. The molecule has 4 nitrogen and oxygen atoms in total. The van der Waals surface area contributed by atoms with Crippen LogP contribution in [0.15, 0.2) is 35.6 Å². The summed E-state index contributed by atoms with van der Waals surface area (Å²) < 4.78 is 37.0. The van der Waals surface area contributed by atoms with Gasteiger partial charge in [0.2, 0.25) is 5.76 Å². The van der Waals surface area contributed by atoms with Crippen molar-refractivity contribution in [2.24, 2.45) is 0 Å². The first-order valence-corrected chi connectivity index (χ1v) is 5.56. The van der Waals surface area contributed by atoms with E-state index in [0.29, 0.717) is 10.6 Å². The predicted molar refractivity (Wildman–Crippen MR) is 66.2 cm³/mol. The largest absolute Gasteiger partial charge is 0.504 e. The molecule has 8 heteroatoms. The third kappa shape index (κ3) is 3.99. The minimum atomic E-state index is -5.23. The van der Waals surface area contributed by atoms with Crippen LogP contribution in [0, 0.1) is 5.41 Å². The number of alkyl halides is 3. The van der Waals surface area contributed by atoms with E-state index >= 15 is 0 Å². The lowest BCUT2D eigenvalue weighted by Gasteiger charge is -2.11. The van der Waals surface area contributed by atoms with E-state index in [2.05, 4.69) is 0 Å². The molecule has 1 aromatic rings. The molecule has 20 heavy (non-hydrogen) atoms. The molecule has 0 heterocycles. The minimum Gasteiger partial charge on any atom is -0.504 e. The number of aliphatic hydroxyl groups is 1. The molecule has 1 rings (SSSR count). The van der Waals surface area contributed by atoms with Crippen LogP contribution < -0.4 is 0 Å². The second-order valence-corrected chi connectivity index (χ2v) is 4.25. The van der Waals surface area contributed by atoms with E-state index < -0.39 is 35.6 Å². The van der Waals surface area contributed by atoms with Crippen molar-refractivity contribution in [1.29, 1.82) is 5.41 Å². The van der Waals surface area contributed by atoms with Gasteiger partial charge in [-0.25, -0.2) is 4.79 Å². The fourth-order valence-electron chi connectivity index (χ4n) is 1.45. The van der Waals surface area contributed by atoms with Crippen molar-refractivity contribution in [3.63, 3.8) is 0 Å². The number of carboxylic acid groups (broad SMARTS) is 1. The number of hydrogen-bond donors (Lipinski definition) is 3. The maximum Gasteiger partial charge on any atom is 0.449 e. The van der Waals surface area contributed by atoms with E-state index in [1.165, 1.54) is 24.3 Å². The molecular weight excluding hydrogens is 299 g/mol. The van der Waals surface area contributed by atoms with Crippen LogP contribution in [0.3, 0.4) is 0 Å². The number of allylic oxidation sites excluding steroid dienone is 1. The van der Waals surface area contributed by atoms with Gasteiger partial charge < -0.3 is 15.6 Å². The molecule has 0 aliphatic heterocycles. The Bertz CT molecular complexity index is 582. The second kappa shape index (κ2) is 5.96. The van der Waals surface area contributed by atoms with Crippen LogP contribution in [0.1, 0.15) is 5.56 Å². The summed E-state index contributed by atoms with van der Waals surface area (Å²) in [6.45, 7) is 0. The van der Waals surface area contributed by atoms with Crippen LogP contribution in [-0.4, -0.2) is 28.1 Å². The van der Waals surface area contributed by atoms with Crippen LogP contribution >= 0.6 is 11.6 Å². The van der Waals surface area contributed by atoms with Crippen LogP contribution in [0.2, 0.25) is 5.02 Å². The summed E-state index contributed by atoms with van der Waals surface area (Å²) in [6.07, 6.45) is -5.63. The minimum absolute atomic E-state index is 0.302. The number of benzene rings is 1. The van der Waals surface area contributed by atoms with Gasteiger partial charge >= 0.3 is 12.1 Å². The lowest BCUT2D eigenvalue weighted by Crippen LogP contribution is -2.23. The first-order valence-electron chi connectivity index (χ1n) is 5.19. The topological polar surface area (TPSA) is 81.4 Å². The third-order valence-corrected chi connectivity index (χ3v) is 2.53. The van der Waals surface area contributed by atoms with Gasteiger partial charge in [0.05, 0.1) is 5.71 Å². The highest BCUT2D eigenvalue weighted by Crippen LogP contribution is 2.27. The molecule has 0 fully saturated rings. The molecule has 0 aliphatic carbocycles. The number of hydrogen-bond acceptors (Lipinski definition) is 3. The van der Waals surface area contributed by atoms with Crippen molar-refractivity contribution < 1.29 is 28.2 Å². The molecule has 0 aliphatic rings. The van der Waals surface area contributed by atoms with Gasteiger partial charge in [-0.2, -0.15) is 13.2 Å². The van der Waals surface area contributed by atoms with Crippen LogP contribution in [0.25, 0.3) is 0 Å². The summed E-state index contributed by atoms with van der Waals surface area (Å²) in [5.74, 6) is -4.32. The summed E-state index contributed by atoms with van der Waals surface area (Å²) in [5.41, 5.74) is -1.98.